The summed E-state index contributed by atoms with van der Waals surface area (Å²) >= 11 is 3.35. The summed E-state index contributed by atoms with van der Waals surface area (Å²) in [6, 6.07) is 3.52. The lowest BCUT2D eigenvalue weighted by Crippen LogP contribution is -2.07. The molecule has 15 heavy (non-hydrogen) atoms. The molecular weight excluding hydrogens is 260 g/mol. The highest BCUT2D eigenvalue weighted by molar-refractivity contribution is 9.10. The highest BCUT2D eigenvalue weighted by Gasteiger charge is 2.13. The van der Waals surface area contributed by atoms with Crippen LogP contribution in [0.2, 0.25) is 0 Å². The summed E-state index contributed by atoms with van der Waals surface area (Å²) < 4.78 is 10.9. The van der Waals surface area contributed by atoms with E-state index in [-0.39, 0.29) is 5.97 Å². The predicted molar refractivity (Wildman–Crippen MR) is 61.4 cm³/mol. The maximum Gasteiger partial charge on any atom is 0.338 e. The molecule has 0 bridgehead atoms. The summed E-state index contributed by atoms with van der Waals surface area (Å²) in [5, 5.41) is 0. The van der Waals surface area contributed by atoms with Crippen molar-refractivity contribution in [3.05, 3.63) is 27.7 Å². The van der Waals surface area contributed by atoms with Gasteiger partial charge in [-0.1, -0.05) is 0 Å². The summed E-state index contributed by atoms with van der Waals surface area (Å²) in [4.78, 5) is 11.6. The molecule has 1 aromatic rings. The maximum absolute atomic E-state index is 11.6. The van der Waals surface area contributed by atoms with E-state index in [1.54, 1.807) is 20.1 Å². The highest BCUT2D eigenvalue weighted by atomic mass is 79.9. The first-order chi connectivity index (χ1) is 7.10. The van der Waals surface area contributed by atoms with E-state index >= 15 is 0 Å². The summed E-state index contributed by atoms with van der Waals surface area (Å²) in [7, 11) is 1.56. The average molecular weight is 273 g/mol. The van der Waals surface area contributed by atoms with Crippen LogP contribution in [-0.4, -0.2) is 19.7 Å². The number of carbonyl (C=O) groups excluding carboxylic acids is 1. The van der Waals surface area contributed by atoms with E-state index in [9.17, 15) is 4.79 Å². The number of hydrogen-bond acceptors (Lipinski definition) is 3. The Balaban J connectivity index is 3.12. The Bertz CT molecular complexity index is 374. The van der Waals surface area contributed by atoms with Crippen LogP contribution in [0.3, 0.4) is 0 Å². The summed E-state index contributed by atoms with van der Waals surface area (Å²) in [5.74, 6) is 0.310. The second-order valence-corrected chi connectivity index (χ2v) is 3.88. The van der Waals surface area contributed by atoms with Crippen LogP contribution in [0, 0.1) is 6.92 Å². The number of halogens is 1. The van der Waals surface area contributed by atoms with Gasteiger partial charge in [-0.15, -0.1) is 0 Å². The van der Waals surface area contributed by atoms with Crippen LogP contribution in [0.4, 0.5) is 0 Å². The Hall–Kier alpha value is -1.03. The topological polar surface area (TPSA) is 35.5 Å². The lowest BCUT2D eigenvalue weighted by atomic mass is 10.1. The van der Waals surface area contributed by atoms with Crippen molar-refractivity contribution >= 4 is 21.9 Å². The van der Waals surface area contributed by atoms with E-state index in [4.69, 9.17) is 9.47 Å². The van der Waals surface area contributed by atoms with Crippen LogP contribution in [0.1, 0.15) is 22.8 Å². The van der Waals surface area contributed by atoms with Crippen molar-refractivity contribution in [2.75, 3.05) is 13.7 Å². The van der Waals surface area contributed by atoms with Gasteiger partial charge in [0.05, 0.1) is 23.8 Å². The number of esters is 1. The minimum atomic E-state index is -0.319. The number of benzene rings is 1. The van der Waals surface area contributed by atoms with Gasteiger partial charge in [0, 0.05) is 0 Å². The lowest BCUT2D eigenvalue weighted by Gasteiger charge is -2.09. The average Bonchev–Trinajstić information content (AvgIpc) is 2.18. The number of ether oxygens (including phenoxy) is 2. The van der Waals surface area contributed by atoms with Crippen molar-refractivity contribution in [3.8, 4) is 5.75 Å². The minimum absolute atomic E-state index is 0.319. The van der Waals surface area contributed by atoms with Gasteiger partial charge in [-0.05, 0) is 47.5 Å². The van der Waals surface area contributed by atoms with E-state index in [1.807, 2.05) is 13.0 Å². The fourth-order valence-corrected chi connectivity index (χ4v) is 1.86. The Kier molecular flexibility index (Phi) is 4.15. The summed E-state index contributed by atoms with van der Waals surface area (Å²) in [6.45, 7) is 4.01. The molecule has 0 N–H and O–H groups in total. The standard InChI is InChI=1S/C11H13BrO3/c1-4-15-11(13)8-6-10(14-3)9(12)5-7(8)2/h5-6H,4H2,1-3H3. The van der Waals surface area contributed by atoms with E-state index in [1.165, 1.54) is 0 Å². The molecule has 0 heterocycles. The molecule has 0 aliphatic rings. The lowest BCUT2D eigenvalue weighted by molar-refractivity contribution is 0.0525. The molecule has 0 aliphatic carbocycles. The molecule has 0 spiro atoms. The Morgan fingerprint density at radius 1 is 1.47 bits per heavy atom. The van der Waals surface area contributed by atoms with Gasteiger partial charge >= 0.3 is 5.97 Å². The van der Waals surface area contributed by atoms with Gasteiger partial charge < -0.3 is 9.47 Å². The molecule has 0 aromatic heterocycles. The number of carbonyl (C=O) groups is 1. The first-order valence-electron chi connectivity index (χ1n) is 4.61. The predicted octanol–water partition coefficient (Wildman–Crippen LogP) is 2.94. The molecular formula is C11H13BrO3. The van der Waals surface area contributed by atoms with Crippen molar-refractivity contribution in [3.63, 3.8) is 0 Å². The fraction of sp³-hybridized carbons (Fsp3) is 0.364. The Morgan fingerprint density at radius 2 is 2.13 bits per heavy atom. The zero-order chi connectivity index (χ0) is 11.4. The minimum Gasteiger partial charge on any atom is -0.496 e. The second kappa shape index (κ2) is 5.16. The molecule has 0 unspecified atom stereocenters. The molecule has 0 fully saturated rings. The summed E-state index contributed by atoms with van der Waals surface area (Å²) in [6.07, 6.45) is 0. The van der Waals surface area contributed by atoms with Crippen molar-refractivity contribution in [2.24, 2.45) is 0 Å². The molecule has 0 saturated heterocycles. The van der Waals surface area contributed by atoms with Gasteiger partial charge in [-0.2, -0.15) is 0 Å². The highest BCUT2D eigenvalue weighted by Crippen LogP contribution is 2.28. The monoisotopic (exact) mass is 272 g/mol. The third kappa shape index (κ3) is 2.72. The van der Waals surface area contributed by atoms with Crippen LogP contribution >= 0.6 is 15.9 Å². The van der Waals surface area contributed by atoms with E-state index < -0.39 is 0 Å². The largest absolute Gasteiger partial charge is 0.496 e. The van der Waals surface area contributed by atoms with Gasteiger partial charge in [0.2, 0.25) is 0 Å². The van der Waals surface area contributed by atoms with Crippen LogP contribution in [-0.2, 0) is 4.74 Å². The molecule has 0 aliphatic heterocycles. The number of aryl methyl sites for hydroxylation is 1. The third-order valence-corrected chi connectivity index (χ3v) is 2.61. The molecule has 0 atom stereocenters. The summed E-state index contributed by atoms with van der Waals surface area (Å²) in [5.41, 5.74) is 1.40. The molecule has 3 nitrogen and oxygen atoms in total. The van der Waals surface area contributed by atoms with E-state index in [0.717, 1.165) is 10.0 Å². The molecule has 1 rings (SSSR count). The second-order valence-electron chi connectivity index (χ2n) is 3.02. The van der Waals surface area contributed by atoms with E-state index in [0.29, 0.717) is 17.9 Å². The smallest absolute Gasteiger partial charge is 0.338 e. The van der Waals surface area contributed by atoms with Gasteiger partial charge in [-0.3, -0.25) is 0 Å². The Labute approximate surface area is 97.5 Å². The van der Waals surface area contributed by atoms with Crippen LogP contribution in [0.25, 0.3) is 0 Å². The van der Waals surface area contributed by atoms with Gasteiger partial charge in [0.15, 0.2) is 0 Å². The van der Waals surface area contributed by atoms with Crippen molar-refractivity contribution in [1.82, 2.24) is 0 Å². The molecule has 0 amide bonds. The normalized spacial score (nSPS) is 9.87. The molecule has 0 radical (unpaired) electrons. The van der Waals surface area contributed by atoms with Crippen LogP contribution in [0.15, 0.2) is 16.6 Å². The van der Waals surface area contributed by atoms with Gasteiger partial charge in [0.1, 0.15) is 5.75 Å². The molecule has 1 aromatic carbocycles. The number of methoxy groups -OCH3 is 1. The van der Waals surface area contributed by atoms with E-state index in [2.05, 4.69) is 15.9 Å². The van der Waals surface area contributed by atoms with Crippen LogP contribution < -0.4 is 4.74 Å². The zero-order valence-corrected chi connectivity index (χ0v) is 10.6. The fourth-order valence-electron chi connectivity index (χ4n) is 1.24. The van der Waals surface area contributed by atoms with Gasteiger partial charge in [-0.25, -0.2) is 4.79 Å². The SMILES string of the molecule is CCOC(=O)c1cc(OC)c(Br)cc1C. The van der Waals surface area contributed by atoms with Gasteiger partial charge in [0.25, 0.3) is 0 Å². The first-order valence-corrected chi connectivity index (χ1v) is 5.40. The van der Waals surface area contributed by atoms with Crippen molar-refractivity contribution < 1.29 is 14.3 Å². The van der Waals surface area contributed by atoms with Crippen molar-refractivity contribution in [1.29, 1.82) is 0 Å². The zero-order valence-electron chi connectivity index (χ0n) is 8.96. The maximum atomic E-state index is 11.6. The van der Waals surface area contributed by atoms with Crippen LogP contribution in [0.5, 0.6) is 5.75 Å². The van der Waals surface area contributed by atoms with Crippen molar-refractivity contribution in [2.45, 2.75) is 13.8 Å². The molecule has 0 saturated carbocycles. The first kappa shape index (κ1) is 12.0. The number of hydrogen-bond donors (Lipinski definition) is 0. The molecule has 4 heteroatoms. The quantitative estimate of drug-likeness (QED) is 0.794. The molecule has 82 valence electrons. The Morgan fingerprint density at radius 3 is 2.67 bits per heavy atom. The third-order valence-electron chi connectivity index (χ3n) is 1.99. The number of rotatable bonds is 3.